The Balaban J connectivity index is 1.28. The molecule has 1 spiro atoms. The van der Waals surface area contributed by atoms with Crippen molar-refractivity contribution in [1.82, 2.24) is 25.0 Å². The summed E-state index contributed by atoms with van der Waals surface area (Å²) in [5, 5.41) is 4.18. The molecule has 8 heteroatoms. The van der Waals surface area contributed by atoms with E-state index in [4.69, 9.17) is 4.98 Å². The Labute approximate surface area is 174 Å². The standard InChI is InChI=1S/C21H27N5O2S/c1-24-11-8-21(9-12-24)19(27)26(20(28)23-21)14-25-10-4-5-15(13-25)18-22-16-6-2-3-7-17(16)29-18/h2-3,6-7,15H,4-5,8-14H2,1H3,(H,23,28)/t15-/m1/s1. The highest BCUT2D eigenvalue weighted by atomic mass is 32.1. The summed E-state index contributed by atoms with van der Waals surface area (Å²) in [6.07, 6.45) is 3.55. The number of fused-ring (bicyclic) bond motifs is 1. The van der Waals surface area contributed by atoms with Crippen molar-refractivity contribution in [2.45, 2.75) is 37.1 Å². The van der Waals surface area contributed by atoms with Gasteiger partial charge in [0.2, 0.25) is 0 Å². The number of likely N-dealkylation sites (tertiary alicyclic amines) is 2. The molecular weight excluding hydrogens is 386 g/mol. The molecule has 3 amide bonds. The number of aromatic nitrogens is 1. The van der Waals surface area contributed by atoms with Gasteiger partial charge in [-0.1, -0.05) is 12.1 Å². The number of amides is 3. The molecule has 1 atom stereocenters. The molecule has 1 aromatic carbocycles. The molecule has 1 N–H and O–H groups in total. The van der Waals surface area contributed by atoms with Crippen molar-refractivity contribution in [3.8, 4) is 0 Å². The van der Waals surface area contributed by atoms with Gasteiger partial charge in [0.05, 0.1) is 21.9 Å². The second-order valence-corrected chi connectivity index (χ2v) is 9.69. The molecule has 3 saturated heterocycles. The van der Waals surface area contributed by atoms with Gasteiger partial charge < -0.3 is 10.2 Å². The van der Waals surface area contributed by atoms with E-state index in [0.29, 0.717) is 25.4 Å². The molecule has 3 fully saturated rings. The van der Waals surface area contributed by atoms with Crippen LogP contribution in [0.25, 0.3) is 10.2 Å². The molecule has 0 saturated carbocycles. The highest BCUT2D eigenvalue weighted by Gasteiger charge is 2.52. The highest BCUT2D eigenvalue weighted by molar-refractivity contribution is 7.18. The lowest BCUT2D eigenvalue weighted by molar-refractivity contribution is -0.134. The minimum Gasteiger partial charge on any atom is -0.323 e. The molecule has 0 unspecified atom stereocenters. The largest absolute Gasteiger partial charge is 0.326 e. The van der Waals surface area contributed by atoms with Crippen molar-refractivity contribution in [3.05, 3.63) is 29.3 Å². The Hall–Kier alpha value is -2.03. The lowest BCUT2D eigenvalue weighted by Crippen LogP contribution is -2.54. The summed E-state index contributed by atoms with van der Waals surface area (Å²) in [7, 11) is 2.06. The number of para-hydroxylation sites is 1. The first-order valence-corrected chi connectivity index (χ1v) is 11.3. The van der Waals surface area contributed by atoms with E-state index in [1.165, 1.54) is 14.6 Å². The van der Waals surface area contributed by atoms with Crippen LogP contribution in [0.3, 0.4) is 0 Å². The first-order chi connectivity index (χ1) is 14.0. The van der Waals surface area contributed by atoms with Gasteiger partial charge in [-0.25, -0.2) is 14.7 Å². The SMILES string of the molecule is CN1CCC2(CC1)NC(=O)N(CN1CCC[C@@H](c3nc4ccccc4s3)C1)C2=O. The second-order valence-electron chi connectivity index (χ2n) is 8.63. The first kappa shape index (κ1) is 19.0. The number of rotatable bonds is 3. The molecule has 0 aliphatic carbocycles. The lowest BCUT2D eigenvalue weighted by Gasteiger charge is -2.36. The number of nitrogens with one attached hydrogen (secondary N) is 1. The molecule has 0 bridgehead atoms. The minimum atomic E-state index is -0.689. The van der Waals surface area contributed by atoms with Crippen LogP contribution in [0.2, 0.25) is 0 Å². The minimum absolute atomic E-state index is 0.0438. The van der Waals surface area contributed by atoms with Gasteiger partial charge in [0.25, 0.3) is 5.91 Å². The van der Waals surface area contributed by atoms with E-state index in [1.54, 1.807) is 11.3 Å². The molecule has 4 heterocycles. The normalized spacial score (nSPS) is 25.8. The molecule has 154 valence electrons. The average molecular weight is 414 g/mol. The van der Waals surface area contributed by atoms with Gasteiger partial charge in [0.1, 0.15) is 5.54 Å². The van der Waals surface area contributed by atoms with Gasteiger partial charge in [-0.05, 0) is 51.4 Å². The summed E-state index contributed by atoms with van der Waals surface area (Å²) in [5.74, 6) is 0.317. The third-order valence-corrected chi connectivity index (χ3v) is 7.79. The van der Waals surface area contributed by atoms with Crippen LogP contribution in [0.1, 0.15) is 36.6 Å². The smallest absolute Gasteiger partial charge is 0.323 e. The summed E-state index contributed by atoms with van der Waals surface area (Å²) in [6.45, 7) is 3.80. The number of thiazole rings is 1. The summed E-state index contributed by atoms with van der Waals surface area (Å²) in [4.78, 5) is 36.5. The molecule has 1 aromatic heterocycles. The predicted molar refractivity (Wildman–Crippen MR) is 113 cm³/mol. The Bertz CT molecular complexity index is 903. The molecular formula is C21H27N5O2S. The fourth-order valence-electron chi connectivity index (χ4n) is 4.79. The van der Waals surface area contributed by atoms with Crippen LogP contribution in [-0.4, -0.2) is 77.1 Å². The van der Waals surface area contributed by atoms with Crippen LogP contribution >= 0.6 is 11.3 Å². The van der Waals surface area contributed by atoms with Gasteiger partial charge >= 0.3 is 6.03 Å². The number of nitrogens with zero attached hydrogens (tertiary/aromatic N) is 4. The molecule has 5 rings (SSSR count). The Kier molecular flexibility index (Phi) is 4.80. The van der Waals surface area contributed by atoms with Crippen molar-refractivity contribution < 1.29 is 9.59 Å². The average Bonchev–Trinajstić information content (AvgIpc) is 3.26. The monoisotopic (exact) mass is 413 g/mol. The summed E-state index contributed by atoms with van der Waals surface area (Å²) in [5.41, 5.74) is 0.370. The zero-order chi connectivity index (χ0) is 20.0. The molecule has 7 nitrogen and oxygen atoms in total. The zero-order valence-electron chi connectivity index (χ0n) is 16.8. The van der Waals surface area contributed by atoms with Gasteiger partial charge in [0, 0.05) is 25.6 Å². The van der Waals surface area contributed by atoms with E-state index in [-0.39, 0.29) is 11.9 Å². The maximum atomic E-state index is 13.1. The van der Waals surface area contributed by atoms with Crippen LogP contribution in [0.15, 0.2) is 24.3 Å². The summed E-state index contributed by atoms with van der Waals surface area (Å²) in [6, 6.07) is 8.01. The van der Waals surface area contributed by atoms with E-state index >= 15 is 0 Å². The lowest BCUT2D eigenvalue weighted by atomic mass is 9.88. The number of carbonyl (C=O) groups excluding carboxylic acids is 2. The highest BCUT2D eigenvalue weighted by Crippen LogP contribution is 2.34. The van der Waals surface area contributed by atoms with Crippen molar-refractivity contribution in [2.24, 2.45) is 0 Å². The molecule has 29 heavy (non-hydrogen) atoms. The van der Waals surface area contributed by atoms with Crippen LogP contribution in [0, 0.1) is 0 Å². The maximum absolute atomic E-state index is 13.1. The van der Waals surface area contributed by atoms with E-state index in [0.717, 1.165) is 44.5 Å². The summed E-state index contributed by atoms with van der Waals surface area (Å²) >= 11 is 1.77. The van der Waals surface area contributed by atoms with Crippen molar-refractivity contribution >= 4 is 33.5 Å². The van der Waals surface area contributed by atoms with Gasteiger partial charge in [-0.3, -0.25) is 9.69 Å². The second kappa shape index (κ2) is 7.34. The number of urea groups is 1. The van der Waals surface area contributed by atoms with Crippen molar-refractivity contribution in [2.75, 3.05) is 39.9 Å². The Morgan fingerprint density at radius 1 is 1.21 bits per heavy atom. The van der Waals surface area contributed by atoms with E-state index < -0.39 is 5.54 Å². The third-order valence-electron chi connectivity index (χ3n) is 6.59. The number of imide groups is 1. The van der Waals surface area contributed by atoms with Gasteiger partial charge in [-0.2, -0.15) is 0 Å². The van der Waals surface area contributed by atoms with Crippen LogP contribution < -0.4 is 5.32 Å². The fourth-order valence-corrected chi connectivity index (χ4v) is 5.89. The maximum Gasteiger partial charge on any atom is 0.326 e. The molecule has 0 radical (unpaired) electrons. The number of benzene rings is 1. The third kappa shape index (κ3) is 3.43. The Morgan fingerprint density at radius 3 is 2.79 bits per heavy atom. The molecule has 3 aliphatic heterocycles. The number of hydrogen-bond acceptors (Lipinski definition) is 6. The predicted octanol–water partition coefficient (Wildman–Crippen LogP) is 2.45. The van der Waals surface area contributed by atoms with Crippen LogP contribution in [-0.2, 0) is 4.79 Å². The van der Waals surface area contributed by atoms with E-state index in [2.05, 4.69) is 34.3 Å². The fraction of sp³-hybridized carbons (Fsp3) is 0.571. The van der Waals surface area contributed by atoms with Gasteiger partial charge in [-0.15, -0.1) is 11.3 Å². The number of piperidine rings is 2. The zero-order valence-corrected chi connectivity index (χ0v) is 17.6. The van der Waals surface area contributed by atoms with Crippen molar-refractivity contribution in [1.29, 1.82) is 0 Å². The first-order valence-electron chi connectivity index (χ1n) is 10.4. The van der Waals surface area contributed by atoms with Gasteiger partial charge in [0.15, 0.2) is 0 Å². The number of carbonyl (C=O) groups is 2. The molecule has 2 aromatic rings. The summed E-state index contributed by atoms with van der Waals surface area (Å²) < 4.78 is 1.22. The quantitative estimate of drug-likeness (QED) is 0.783. The van der Waals surface area contributed by atoms with Crippen LogP contribution in [0.5, 0.6) is 0 Å². The van der Waals surface area contributed by atoms with E-state index in [1.807, 2.05) is 12.1 Å². The van der Waals surface area contributed by atoms with Crippen molar-refractivity contribution in [3.63, 3.8) is 0 Å². The number of hydrogen-bond donors (Lipinski definition) is 1. The molecule has 3 aliphatic rings. The van der Waals surface area contributed by atoms with E-state index in [9.17, 15) is 9.59 Å². The van der Waals surface area contributed by atoms with Crippen LogP contribution in [0.4, 0.5) is 4.79 Å². The topological polar surface area (TPSA) is 68.8 Å². The Morgan fingerprint density at radius 2 is 2.00 bits per heavy atom.